The number of carbonyl (C=O) groups excluding carboxylic acids is 2. The van der Waals surface area contributed by atoms with Crippen molar-refractivity contribution in [3.8, 4) is 0 Å². The van der Waals surface area contributed by atoms with E-state index in [1.165, 1.54) is 41.4 Å². The zero-order chi connectivity index (χ0) is 15.7. The third-order valence-electron chi connectivity index (χ3n) is 3.62. The topological polar surface area (TPSA) is 98.0 Å². The second-order valence-corrected chi connectivity index (χ2v) is 7.60. The second-order valence-electron chi connectivity index (χ2n) is 5.18. The average Bonchev–Trinajstić information content (AvgIpc) is 2.85. The number of carbonyl (C=O) groups is 2. The Hall–Kier alpha value is -1.67. The summed E-state index contributed by atoms with van der Waals surface area (Å²) in [5.41, 5.74) is 6.32. The highest BCUT2D eigenvalue weighted by atomic mass is 32.2. The molecule has 0 bridgehead atoms. The highest BCUT2D eigenvalue weighted by Gasteiger charge is 2.23. The van der Waals surface area contributed by atoms with Gasteiger partial charge in [0.25, 0.3) is 0 Å². The molecular formula is C14H16N4O2S2. The zero-order valence-electron chi connectivity index (χ0n) is 12.1. The summed E-state index contributed by atoms with van der Waals surface area (Å²) in [5, 5.41) is 3.53. The number of primary amides is 1. The fraction of sp³-hybridized carbons (Fsp3) is 0.429. The maximum absolute atomic E-state index is 11.8. The largest absolute Gasteiger partial charge is 0.351 e. The summed E-state index contributed by atoms with van der Waals surface area (Å²) in [4.78, 5) is 33.7. The minimum atomic E-state index is -0.835. The Balaban J connectivity index is 1.92. The second kappa shape index (κ2) is 6.21. The van der Waals surface area contributed by atoms with Crippen LogP contribution in [0.3, 0.4) is 0 Å². The molecule has 0 unspecified atom stereocenters. The van der Waals surface area contributed by atoms with Crippen LogP contribution in [0.2, 0.25) is 0 Å². The van der Waals surface area contributed by atoms with Crippen molar-refractivity contribution in [3.63, 3.8) is 0 Å². The average molecular weight is 336 g/mol. The Morgan fingerprint density at radius 1 is 1.36 bits per heavy atom. The fourth-order valence-corrected chi connectivity index (χ4v) is 4.83. The van der Waals surface area contributed by atoms with Crippen LogP contribution in [0, 0.1) is 0 Å². The highest BCUT2D eigenvalue weighted by Crippen LogP contribution is 2.40. The molecule has 3 N–H and O–H groups in total. The van der Waals surface area contributed by atoms with Gasteiger partial charge in [0.05, 0.1) is 5.25 Å². The molecule has 0 spiro atoms. The van der Waals surface area contributed by atoms with E-state index in [0.717, 1.165) is 28.1 Å². The molecule has 0 saturated carbocycles. The quantitative estimate of drug-likeness (QED) is 0.662. The molecule has 2 heterocycles. The Morgan fingerprint density at radius 2 is 2.14 bits per heavy atom. The number of thiophene rings is 1. The molecule has 116 valence electrons. The van der Waals surface area contributed by atoms with Gasteiger partial charge in [0.15, 0.2) is 0 Å². The number of urea groups is 1. The van der Waals surface area contributed by atoms with Gasteiger partial charge >= 0.3 is 6.03 Å². The lowest BCUT2D eigenvalue weighted by Gasteiger charge is -2.13. The van der Waals surface area contributed by atoms with E-state index < -0.39 is 17.2 Å². The number of hydrogen-bond acceptors (Lipinski definition) is 6. The van der Waals surface area contributed by atoms with Crippen molar-refractivity contribution in [2.24, 2.45) is 5.73 Å². The van der Waals surface area contributed by atoms with Crippen LogP contribution in [0.25, 0.3) is 10.2 Å². The lowest BCUT2D eigenvalue weighted by molar-refractivity contribution is -0.119. The molecule has 0 saturated heterocycles. The van der Waals surface area contributed by atoms with Gasteiger partial charge in [-0.1, -0.05) is 11.8 Å². The molecular weight excluding hydrogens is 320 g/mol. The van der Waals surface area contributed by atoms with Crippen LogP contribution in [-0.2, 0) is 17.6 Å². The van der Waals surface area contributed by atoms with Crippen LogP contribution in [-0.4, -0.2) is 27.2 Å². The molecule has 1 atom stereocenters. The van der Waals surface area contributed by atoms with Crippen molar-refractivity contribution in [2.75, 3.05) is 0 Å². The van der Waals surface area contributed by atoms with Gasteiger partial charge in [-0.25, -0.2) is 14.8 Å². The van der Waals surface area contributed by atoms with Crippen LogP contribution in [0.1, 0.15) is 30.2 Å². The number of nitrogens with two attached hydrogens (primary N) is 1. The van der Waals surface area contributed by atoms with E-state index in [-0.39, 0.29) is 0 Å². The minimum Gasteiger partial charge on any atom is -0.351 e. The molecule has 0 aromatic carbocycles. The summed E-state index contributed by atoms with van der Waals surface area (Å²) >= 11 is 3.06. The molecule has 3 rings (SSSR count). The molecule has 0 aliphatic heterocycles. The molecule has 1 aliphatic carbocycles. The van der Waals surface area contributed by atoms with Crippen LogP contribution in [0.4, 0.5) is 4.79 Å². The first kappa shape index (κ1) is 15.2. The van der Waals surface area contributed by atoms with E-state index in [9.17, 15) is 9.59 Å². The molecule has 0 radical (unpaired) electrons. The number of imide groups is 1. The van der Waals surface area contributed by atoms with Crippen molar-refractivity contribution in [3.05, 3.63) is 16.8 Å². The summed E-state index contributed by atoms with van der Waals surface area (Å²) in [5.74, 6) is -0.409. The molecule has 0 fully saturated rings. The predicted octanol–water partition coefficient (Wildman–Crippen LogP) is 2.25. The molecule has 22 heavy (non-hydrogen) atoms. The van der Waals surface area contributed by atoms with E-state index in [0.29, 0.717) is 0 Å². The zero-order valence-corrected chi connectivity index (χ0v) is 13.7. The van der Waals surface area contributed by atoms with E-state index in [2.05, 4.69) is 15.3 Å². The van der Waals surface area contributed by atoms with Gasteiger partial charge in [-0.05, 0) is 38.2 Å². The van der Waals surface area contributed by atoms with E-state index in [1.807, 2.05) is 0 Å². The van der Waals surface area contributed by atoms with Gasteiger partial charge in [-0.3, -0.25) is 10.1 Å². The smallest absolute Gasteiger partial charge is 0.318 e. The summed E-state index contributed by atoms with van der Waals surface area (Å²) in [7, 11) is 0. The maximum atomic E-state index is 11.8. The fourth-order valence-electron chi connectivity index (χ4n) is 2.59. The number of thioether (sulfide) groups is 1. The Kier molecular flexibility index (Phi) is 4.30. The number of nitrogens with one attached hydrogen (secondary N) is 1. The third kappa shape index (κ3) is 2.93. The van der Waals surface area contributed by atoms with E-state index >= 15 is 0 Å². The Morgan fingerprint density at radius 3 is 2.91 bits per heavy atom. The Bertz CT molecular complexity index is 744. The van der Waals surface area contributed by atoms with Crippen molar-refractivity contribution in [1.29, 1.82) is 0 Å². The summed E-state index contributed by atoms with van der Waals surface area (Å²) < 4.78 is 0. The van der Waals surface area contributed by atoms with Gasteiger partial charge in [0, 0.05) is 10.3 Å². The van der Waals surface area contributed by atoms with Crippen LogP contribution < -0.4 is 11.1 Å². The first-order chi connectivity index (χ1) is 10.6. The van der Waals surface area contributed by atoms with Crippen molar-refractivity contribution < 1.29 is 9.59 Å². The SMILES string of the molecule is C[C@@H](Sc1ncnc2sc3c(c12)CCCC3)C(=O)NC(N)=O. The third-order valence-corrected chi connectivity index (χ3v) is 5.92. The van der Waals surface area contributed by atoms with Crippen LogP contribution in [0.5, 0.6) is 0 Å². The minimum absolute atomic E-state index is 0.409. The van der Waals surface area contributed by atoms with Gasteiger partial charge in [0.2, 0.25) is 5.91 Å². The van der Waals surface area contributed by atoms with Crippen LogP contribution in [0.15, 0.2) is 11.4 Å². The van der Waals surface area contributed by atoms with Gasteiger partial charge in [0.1, 0.15) is 16.2 Å². The van der Waals surface area contributed by atoms with Gasteiger partial charge < -0.3 is 5.73 Å². The van der Waals surface area contributed by atoms with E-state index in [4.69, 9.17) is 5.73 Å². The van der Waals surface area contributed by atoms with Gasteiger partial charge in [-0.2, -0.15) is 0 Å². The number of nitrogens with zero attached hydrogens (tertiary/aromatic N) is 2. The number of amides is 3. The number of hydrogen-bond donors (Lipinski definition) is 2. The van der Waals surface area contributed by atoms with E-state index in [1.54, 1.807) is 18.3 Å². The lowest BCUT2D eigenvalue weighted by atomic mass is 9.97. The monoisotopic (exact) mass is 336 g/mol. The molecule has 3 amide bonds. The predicted molar refractivity (Wildman–Crippen MR) is 87.1 cm³/mol. The Labute approximate surface area is 135 Å². The summed E-state index contributed by atoms with van der Waals surface area (Å²) in [6.45, 7) is 1.73. The van der Waals surface area contributed by atoms with Gasteiger partial charge in [-0.15, -0.1) is 11.3 Å². The number of rotatable bonds is 3. The maximum Gasteiger partial charge on any atom is 0.318 e. The standard InChI is InChI=1S/C14H16N4O2S2/c1-7(11(19)18-14(15)20)21-12-10-8-4-2-3-5-9(8)22-13(10)17-6-16-12/h6-7H,2-5H2,1H3,(H3,15,18,19,20)/t7-/m1/s1. The molecule has 2 aromatic heterocycles. The van der Waals surface area contributed by atoms with Crippen molar-refractivity contribution in [2.45, 2.75) is 42.9 Å². The van der Waals surface area contributed by atoms with Crippen molar-refractivity contribution in [1.82, 2.24) is 15.3 Å². The first-order valence-electron chi connectivity index (χ1n) is 7.08. The lowest BCUT2D eigenvalue weighted by Crippen LogP contribution is -2.39. The summed E-state index contributed by atoms with van der Waals surface area (Å²) in [6.07, 6.45) is 6.06. The summed E-state index contributed by atoms with van der Waals surface area (Å²) in [6, 6.07) is -0.835. The van der Waals surface area contributed by atoms with Crippen LogP contribution >= 0.6 is 23.1 Å². The molecule has 6 nitrogen and oxygen atoms in total. The normalized spacial score (nSPS) is 15.3. The molecule has 8 heteroatoms. The molecule has 2 aromatic rings. The van der Waals surface area contributed by atoms with Crippen molar-refractivity contribution >= 4 is 45.3 Å². The highest BCUT2D eigenvalue weighted by molar-refractivity contribution is 8.00. The number of fused-ring (bicyclic) bond motifs is 3. The first-order valence-corrected chi connectivity index (χ1v) is 8.78. The number of aromatic nitrogens is 2. The number of aryl methyl sites for hydroxylation is 2. The molecule has 1 aliphatic rings.